The summed E-state index contributed by atoms with van der Waals surface area (Å²) in [6.07, 6.45) is 1.61. The molecule has 0 radical (unpaired) electrons. The van der Waals surface area contributed by atoms with E-state index in [0.29, 0.717) is 6.54 Å². The van der Waals surface area contributed by atoms with E-state index in [1.165, 1.54) is 0 Å². The lowest BCUT2D eigenvalue weighted by molar-refractivity contribution is 0.218. The second-order valence-electron chi connectivity index (χ2n) is 4.58. The van der Waals surface area contributed by atoms with Gasteiger partial charge in [-0.3, -0.25) is 0 Å². The third kappa shape index (κ3) is 2.19. The van der Waals surface area contributed by atoms with Crippen LogP contribution in [0.2, 0.25) is 0 Å². The molecule has 0 saturated heterocycles. The molecule has 98 valence electrons. The van der Waals surface area contributed by atoms with Crippen molar-refractivity contribution in [3.05, 3.63) is 53.5 Å². The molecule has 1 atom stereocenters. The third-order valence-corrected chi connectivity index (χ3v) is 3.68. The normalized spacial score (nSPS) is 15.9. The van der Waals surface area contributed by atoms with Gasteiger partial charge in [-0.15, -0.1) is 11.6 Å². The minimum absolute atomic E-state index is 0.0892. The van der Waals surface area contributed by atoms with Crippen LogP contribution < -0.4 is 5.32 Å². The maximum atomic E-state index is 11.5. The number of furan rings is 1. The van der Waals surface area contributed by atoms with Crippen molar-refractivity contribution in [3.8, 4) is 0 Å². The van der Waals surface area contributed by atoms with E-state index in [-0.39, 0.29) is 11.4 Å². The Labute approximate surface area is 116 Å². The molecule has 2 heterocycles. The maximum absolute atomic E-state index is 11.5. The van der Waals surface area contributed by atoms with Crippen molar-refractivity contribution in [2.75, 3.05) is 12.4 Å². The molecule has 0 fully saturated rings. The molecule has 0 saturated carbocycles. The number of carbonyl (C=O) groups is 1. The Morgan fingerprint density at radius 3 is 3.00 bits per heavy atom. The van der Waals surface area contributed by atoms with Gasteiger partial charge < -0.3 is 14.6 Å². The molecule has 1 aliphatic rings. The van der Waals surface area contributed by atoms with Crippen LogP contribution in [-0.2, 0) is 6.54 Å². The van der Waals surface area contributed by atoms with Crippen LogP contribution in [-0.4, -0.2) is 18.0 Å². The quantitative estimate of drug-likeness (QED) is 0.852. The number of hydrogen-bond acceptors (Lipinski definition) is 2. The van der Waals surface area contributed by atoms with E-state index in [0.717, 1.165) is 22.6 Å². The molecule has 1 aromatic carbocycles. The molecule has 1 aromatic heterocycles. The number of rotatable bonds is 2. The molecule has 1 aliphatic heterocycles. The average Bonchev–Trinajstić information content (AvgIpc) is 2.93. The Kier molecular flexibility index (Phi) is 2.95. The first-order valence-corrected chi connectivity index (χ1v) is 6.41. The summed E-state index contributed by atoms with van der Waals surface area (Å²) in [6.45, 7) is 0.580. The Morgan fingerprint density at radius 2 is 2.26 bits per heavy atom. The molecule has 0 spiro atoms. The van der Waals surface area contributed by atoms with Gasteiger partial charge in [0.25, 0.3) is 0 Å². The Balaban J connectivity index is 1.93. The summed E-state index contributed by atoms with van der Waals surface area (Å²) in [4.78, 5) is 13.2. The number of nitrogens with zero attached hydrogens (tertiary/aromatic N) is 1. The predicted molar refractivity (Wildman–Crippen MR) is 73.3 cm³/mol. The lowest BCUT2D eigenvalue weighted by Gasteiger charge is -2.26. The number of anilines is 1. The zero-order valence-corrected chi connectivity index (χ0v) is 11.1. The first-order valence-electron chi connectivity index (χ1n) is 5.97. The van der Waals surface area contributed by atoms with Gasteiger partial charge in [0.2, 0.25) is 0 Å². The summed E-state index contributed by atoms with van der Waals surface area (Å²) in [5.41, 5.74) is 2.85. The highest BCUT2D eigenvalue weighted by Gasteiger charge is 2.21. The predicted octanol–water partition coefficient (Wildman–Crippen LogP) is 3.59. The lowest BCUT2D eigenvalue weighted by atomic mass is 10.0. The van der Waals surface area contributed by atoms with Crippen molar-refractivity contribution in [2.45, 2.75) is 11.9 Å². The molecular weight excluding hydrogens is 264 g/mol. The van der Waals surface area contributed by atoms with Crippen molar-refractivity contribution >= 4 is 23.3 Å². The summed E-state index contributed by atoms with van der Waals surface area (Å²) in [6, 6.07) is 9.38. The molecule has 2 amide bonds. The summed E-state index contributed by atoms with van der Waals surface area (Å²) in [5.74, 6) is 0.717. The summed E-state index contributed by atoms with van der Waals surface area (Å²) < 4.78 is 5.32. The van der Waals surface area contributed by atoms with Crippen LogP contribution in [0.15, 0.2) is 41.0 Å². The van der Waals surface area contributed by atoms with Crippen LogP contribution >= 0.6 is 11.6 Å². The highest BCUT2D eigenvalue weighted by molar-refractivity contribution is 6.22. The average molecular weight is 277 g/mol. The summed E-state index contributed by atoms with van der Waals surface area (Å²) >= 11 is 6.39. The van der Waals surface area contributed by atoms with Gasteiger partial charge in [-0.25, -0.2) is 4.79 Å². The second kappa shape index (κ2) is 4.63. The molecule has 1 N–H and O–H groups in total. The molecule has 4 nitrogen and oxygen atoms in total. The van der Waals surface area contributed by atoms with Gasteiger partial charge in [-0.2, -0.15) is 0 Å². The zero-order valence-electron chi connectivity index (χ0n) is 10.4. The van der Waals surface area contributed by atoms with E-state index in [4.69, 9.17) is 16.0 Å². The molecule has 3 rings (SSSR count). The van der Waals surface area contributed by atoms with Crippen LogP contribution in [0.4, 0.5) is 10.5 Å². The van der Waals surface area contributed by atoms with Crippen molar-refractivity contribution in [1.29, 1.82) is 0 Å². The van der Waals surface area contributed by atoms with Gasteiger partial charge in [-0.1, -0.05) is 6.07 Å². The summed E-state index contributed by atoms with van der Waals surface area (Å²) in [7, 11) is 1.76. The monoisotopic (exact) mass is 276 g/mol. The first kappa shape index (κ1) is 12.1. The minimum Gasteiger partial charge on any atom is -0.467 e. The molecule has 2 aromatic rings. The number of urea groups is 1. The molecule has 0 bridgehead atoms. The van der Waals surface area contributed by atoms with E-state index < -0.39 is 0 Å². The van der Waals surface area contributed by atoms with Crippen molar-refractivity contribution in [2.24, 2.45) is 0 Å². The van der Waals surface area contributed by atoms with Crippen LogP contribution in [0.5, 0.6) is 0 Å². The number of halogens is 1. The fraction of sp³-hybridized carbons (Fsp3) is 0.214. The molecule has 5 heteroatoms. The van der Waals surface area contributed by atoms with Gasteiger partial charge in [-0.05, 0) is 35.4 Å². The van der Waals surface area contributed by atoms with Gasteiger partial charge in [0.05, 0.1) is 6.26 Å². The molecule has 0 aliphatic carbocycles. The minimum atomic E-state index is -0.316. The standard InChI is InChI=1S/C14H13ClN2O2/c1-17-8-10-7-9(4-5-11(10)16-14(17)18)13(15)12-3-2-6-19-12/h2-7,13H,8H2,1H3,(H,16,18). The van der Waals surface area contributed by atoms with Crippen molar-refractivity contribution < 1.29 is 9.21 Å². The zero-order chi connectivity index (χ0) is 13.4. The van der Waals surface area contributed by atoms with Crippen molar-refractivity contribution in [3.63, 3.8) is 0 Å². The number of amides is 2. The number of benzene rings is 1. The second-order valence-corrected chi connectivity index (χ2v) is 5.02. The van der Waals surface area contributed by atoms with E-state index in [1.807, 2.05) is 30.3 Å². The van der Waals surface area contributed by atoms with E-state index in [2.05, 4.69) is 5.32 Å². The Bertz CT molecular complexity index is 610. The highest BCUT2D eigenvalue weighted by Crippen LogP contribution is 2.32. The molecular formula is C14H13ClN2O2. The fourth-order valence-electron chi connectivity index (χ4n) is 2.16. The van der Waals surface area contributed by atoms with Gasteiger partial charge in [0.1, 0.15) is 11.1 Å². The van der Waals surface area contributed by atoms with Gasteiger partial charge >= 0.3 is 6.03 Å². The van der Waals surface area contributed by atoms with Crippen LogP contribution in [0.25, 0.3) is 0 Å². The third-order valence-electron chi connectivity index (χ3n) is 3.21. The van der Waals surface area contributed by atoms with E-state index in [1.54, 1.807) is 18.2 Å². The lowest BCUT2D eigenvalue weighted by Crippen LogP contribution is -2.35. The smallest absolute Gasteiger partial charge is 0.321 e. The number of nitrogens with one attached hydrogen (secondary N) is 1. The van der Waals surface area contributed by atoms with Crippen LogP contribution in [0.1, 0.15) is 22.3 Å². The SMILES string of the molecule is CN1Cc2cc(C(Cl)c3ccco3)ccc2NC1=O. The maximum Gasteiger partial charge on any atom is 0.321 e. The fourth-order valence-corrected chi connectivity index (χ4v) is 2.42. The Morgan fingerprint density at radius 1 is 1.42 bits per heavy atom. The highest BCUT2D eigenvalue weighted by atomic mass is 35.5. The van der Waals surface area contributed by atoms with Gasteiger partial charge in [0.15, 0.2) is 0 Å². The van der Waals surface area contributed by atoms with Crippen LogP contribution in [0, 0.1) is 0 Å². The van der Waals surface area contributed by atoms with Crippen LogP contribution in [0.3, 0.4) is 0 Å². The largest absolute Gasteiger partial charge is 0.467 e. The number of fused-ring (bicyclic) bond motifs is 1. The Hall–Kier alpha value is -1.94. The molecule has 1 unspecified atom stereocenters. The number of alkyl halides is 1. The van der Waals surface area contributed by atoms with E-state index in [9.17, 15) is 4.79 Å². The number of hydrogen-bond donors (Lipinski definition) is 1. The topological polar surface area (TPSA) is 45.5 Å². The van der Waals surface area contributed by atoms with Gasteiger partial charge in [0, 0.05) is 19.3 Å². The van der Waals surface area contributed by atoms with E-state index >= 15 is 0 Å². The number of carbonyl (C=O) groups excluding carboxylic acids is 1. The van der Waals surface area contributed by atoms with Crippen molar-refractivity contribution in [1.82, 2.24) is 4.90 Å². The molecule has 19 heavy (non-hydrogen) atoms. The first-order chi connectivity index (χ1) is 9.15. The summed E-state index contributed by atoms with van der Waals surface area (Å²) in [5, 5.41) is 2.51.